The highest BCUT2D eigenvalue weighted by Gasteiger charge is 2.55. The first-order valence-corrected chi connectivity index (χ1v) is 13.5. The summed E-state index contributed by atoms with van der Waals surface area (Å²) in [7, 11) is 0. The number of urea groups is 1. The average Bonchev–Trinajstić information content (AvgIpc) is 3.20. The average molecular weight is 488 g/mol. The van der Waals surface area contributed by atoms with Gasteiger partial charge in [-0.15, -0.1) is 0 Å². The number of piperidine rings is 1. The number of hydrogen-bond donors (Lipinski definition) is 3. The molecule has 194 valence electrons. The SMILES string of the molecule is CC(C)COc1c(C(=O)N[C@H]2C3CC4CC2C[C@](O)(C4)C3)cnn1CCC1CCN(C(N)=O)CC1. The van der Waals surface area contributed by atoms with Crippen molar-refractivity contribution in [3.63, 3.8) is 0 Å². The van der Waals surface area contributed by atoms with Gasteiger partial charge in [0, 0.05) is 25.7 Å². The van der Waals surface area contributed by atoms with Gasteiger partial charge in [0.1, 0.15) is 5.56 Å². The van der Waals surface area contributed by atoms with Crippen molar-refractivity contribution >= 4 is 11.9 Å². The fraction of sp³-hybridized carbons (Fsp3) is 0.808. The molecule has 1 aliphatic heterocycles. The number of primary amides is 1. The van der Waals surface area contributed by atoms with E-state index in [1.165, 1.54) is 0 Å². The van der Waals surface area contributed by atoms with Crippen LogP contribution in [-0.4, -0.2) is 63.1 Å². The summed E-state index contributed by atoms with van der Waals surface area (Å²) in [5.74, 6) is 2.57. The number of aryl methyl sites for hydroxylation is 1. The molecule has 5 fully saturated rings. The maximum atomic E-state index is 13.4. The number of aliphatic hydroxyl groups is 1. The minimum Gasteiger partial charge on any atom is -0.477 e. The number of hydrogen-bond acceptors (Lipinski definition) is 5. The topological polar surface area (TPSA) is 123 Å². The molecule has 0 radical (unpaired) electrons. The quantitative estimate of drug-likeness (QED) is 0.520. The van der Waals surface area contributed by atoms with Crippen molar-refractivity contribution in [3.05, 3.63) is 11.8 Å². The largest absolute Gasteiger partial charge is 0.477 e. The van der Waals surface area contributed by atoms with Gasteiger partial charge in [-0.2, -0.15) is 5.10 Å². The maximum absolute atomic E-state index is 13.4. The smallest absolute Gasteiger partial charge is 0.314 e. The molecule has 4 bridgehead atoms. The molecule has 4 aliphatic carbocycles. The van der Waals surface area contributed by atoms with Gasteiger partial charge >= 0.3 is 6.03 Å². The van der Waals surface area contributed by atoms with Crippen LogP contribution < -0.4 is 15.8 Å². The standard InChI is InChI=1S/C26H41N5O4/c1-16(2)15-35-24-21(14-28-31(24)8-5-17-3-6-30(7-4-17)25(27)33)23(32)29-22-19-9-18-10-20(22)13-26(34,11-18)12-19/h14,16-20,22,34H,3-13,15H2,1-2H3,(H2,27,33)(H,29,32)/t18?,19?,20?,22-,26-. The summed E-state index contributed by atoms with van der Waals surface area (Å²) in [6.45, 7) is 6.77. The van der Waals surface area contributed by atoms with Crippen LogP contribution in [0.5, 0.6) is 5.88 Å². The molecule has 9 heteroatoms. The number of amides is 3. The Balaban J connectivity index is 1.24. The number of nitrogens with zero attached hydrogens (tertiary/aromatic N) is 3. The lowest BCUT2D eigenvalue weighted by molar-refractivity contribution is -0.136. The zero-order chi connectivity index (χ0) is 24.7. The molecule has 1 aromatic heterocycles. The highest BCUT2D eigenvalue weighted by molar-refractivity contribution is 5.96. The Hall–Kier alpha value is -2.29. The van der Waals surface area contributed by atoms with Crippen molar-refractivity contribution in [2.24, 2.45) is 35.3 Å². The minimum atomic E-state index is -0.512. The summed E-state index contributed by atoms with van der Waals surface area (Å²) in [4.78, 5) is 26.5. The van der Waals surface area contributed by atoms with Crippen molar-refractivity contribution in [3.8, 4) is 5.88 Å². The predicted molar refractivity (Wildman–Crippen MR) is 131 cm³/mol. The number of carbonyl (C=O) groups is 2. The number of rotatable bonds is 8. The molecule has 0 spiro atoms. The number of aromatic nitrogens is 2. The molecular formula is C26H41N5O4. The predicted octanol–water partition coefficient (Wildman–Crippen LogP) is 2.77. The van der Waals surface area contributed by atoms with E-state index in [2.05, 4.69) is 24.3 Å². The fourth-order valence-corrected chi connectivity index (χ4v) is 7.28. The van der Waals surface area contributed by atoms with Crippen LogP contribution in [0.1, 0.15) is 75.6 Å². The van der Waals surface area contributed by atoms with Gasteiger partial charge in [0.2, 0.25) is 5.88 Å². The van der Waals surface area contributed by atoms with E-state index in [-0.39, 0.29) is 18.0 Å². The van der Waals surface area contributed by atoms with Gasteiger partial charge in [0.15, 0.2) is 0 Å². The first kappa shape index (κ1) is 24.4. The summed E-state index contributed by atoms with van der Waals surface area (Å²) >= 11 is 0. The Morgan fingerprint density at radius 1 is 1.23 bits per heavy atom. The Morgan fingerprint density at radius 2 is 1.91 bits per heavy atom. The first-order valence-electron chi connectivity index (χ1n) is 13.5. The van der Waals surface area contributed by atoms with Crippen molar-refractivity contribution in [1.29, 1.82) is 0 Å². The second-order valence-electron chi connectivity index (χ2n) is 12.0. The van der Waals surface area contributed by atoms with Gasteiger partial charge in [-0.3, -0.25) is 4.79 Å². The molecule has 2 atom stereocenters. The molecule has 6 rings (SSSR count). The number of nitrogens with two attached hydrogens (primary N) is 1. The van der Waals surface area contributed by atoms with Crippen LogP contribution in [0.15, 0.2) is 6.20 Å². The van der Waals surface area contributed by atoms with Crippen molar-refractivity contribution < 1.29 is 19.4 Å². The molecule has 1 saturated heterocycles. The van der Waals surface area contributed by atoms with E-state index in [0.29, 0.717) is 67.3 Å². The zero-order valence-electron chi connectivity index (χ0n) is 21.1. The highest BCUT2D eigenvalue weighted by Crippen LogP contribution is 2.55. The summed E-state index contributed by atoms with van der Waals surface area (Å²) in [5.41, 5.74) is 5.39. The third-order valence-electron chi connectivity index (χ3n) is 8.80. The molecule has 2 heterocycles. The number of ether oxygens (including phenoxy) is 1. The minimum absolute atomic E-state index is 0.116. The molecule has 5 aliphatic rings. The van der Waals surface area contributed by atoms with Crippen LogP contribution in [0.2, 0.25) is 0 Å². The Morgan fingerprint density at radius 3 is 2.51 bits per heavy atom. The van der Waals surface area contributed by atoms with E-state index in [4.69, 9.17) is 10.5 Å². The summed E-state index contributed by atoms with van der Waals surface area (Å²) < 4.78 is 7.96. The highest BCUT2D eigenvalue weighted by atomic mass is 16.5. The lowest BCUT2D eigenvalue weighted by atomic mass is 9.52. The normalized spacial score (nSPS) is 32.3. The van der Waals surface area contributed by atoms with E-state index in [1.807, 2.05) is 4.68 Å². The van der Waals surface area contributed by atoms with Crippen LogP contribution >= 0.6 is 0 Å². The number of carbonyl (C=O) groups excluding carboxylic acids is 2. The lowest BCUT2D eigenvalue weighted by Crippen LogP contribution is -2.61. The van der Waals surface area contributed by atoms with Gasteiger partial charge in [-0.1, -0.05) is 13.8 Å². The Labute approximate surface area is 207 Å². The van der Waals surface area contributed by atoms with Crippen LogP contribution in [0.3, 0.4) is 0 Å². The second-order valence-corrected chi connectivity index (χ2v) is 12.0. The zero-order valence-corrected chi connectivity index (χ0v) is 21.1. The van der Waals surface area contributed by atoms with E-state index in [0.717, 1.165) is 51.4 Å². The van der Waals surface area contributed by atoms with Gasteiger partial charge in [0.25, 0.3) is 5.91 Å². The second kappa shape index (κ2) is 9.64. The Bertz CT molecular complexity index is 922. The van der Waals surface area contributed by atoms with Gasteiger partial charge < -0.3 is 25.8 Å². The first-order chi connectivity index (χ1) is 16.7. The van der Waals surface area contributed by atoms with Gasteiger partial charge in [-0.05, 0) is 81.0 Å². The summed E-state index contributed by atoms with van der Waals surface area (Å²) in [5, 5.41) is 18.7. The molecule has 35 heavy (non-hydrogen) atoms. The number of likely N-dealkylation sites (tertiary alicyclic amines) is 1. The van der Waals surface area contributed by atoms with E-state index in [9.17, 15) is 14.7 Å². The van der Waals surface area contributed by atoms with Crippen molar-refractivity contribution in [1.82, 2.24) is 20.0 Å². The molecule has 1 aromatic rings. The summed E-state index contributed by atoms with van der Waals surface area (Å²) in [6.07, 6.45) is 9.16. The van der Waals surface area contributed by atoms with E-state index < -0.39 is 5.60 Å². The molecule has 0 aromatic carbocycles. The molecule has 4 N–H and O–H groups in total. The molecule has 4 saturated carbocycles. The van der Waals surface area contributed by atoms with Crippen LogP contribution in [0.4, 0.5) is 4.79 Å². The molecule has 3 amide bonds. The summed E-state index contributed by atoms with van der Waals surface area (Å²) in [6, 6.07) is -0.222. The fourth-order valence-electron chi connectivity index (χ4n) is 7.28. The van der Waals surface area contributed by atoms with E-state index in [1.54, 1.807) is 11.1 Å². The molecular weight excluding hydrogens is 446 g/mol. The molecule has 9 nitrogen and oxygen atoms in total. The monoisotopic (exact) mass is 487 g/mol. The van der Waals surface area contributed by atoms with Crippen LogP contribution in [0.25, 0.3) is 0 Å². The third-order valence-corrected chi connectivity index (χ3v) is 8.80. The van der Waals surface area contributed by atoms with Crippen molar-refractivity contribution in [2.75, 3.05) is 19.7 Å². The van der Waals surface area contributed by atoms with Gasteiger partial charge in [0.05, 0.1) is 18.4 Å². The number of nitrogens with one attached hydrogen (secondary N) is 1. The van der Waals surface area contributed by atoms with Gasteiger partial charge in [-0.25, -0.2) is 9.48 Å². The van der Waals surface area contributed by atoms with Crippen LogP contribution in [0, 0.1) is 29.6 Å². The lowest BCUT2D eigenvalue weighted by Gasteiger charge is -2.58. The maximum Gasteiger partial charge on any atom is 0.314 e. The van der Waals surface area contributed by atoms with E-state index >= 15 is 0 Å². The Kier molecular flexibility index (Phi) is 6.72. The molecule has 2 unspecified atom stereocenters. The van der Waals surface area contributed by atoms with Crippen molar-refractivity contribution in [2.45, 2.75) is 83.4 Å². The van der Waals surface area contributed by atoms with Crippen LogP contribution in [-0.2, 0) is 6.54 Å². The third kappa shape index (κ3) is 5.15.